The van der Waals surface area contributed by atoms with Crippen LogP contribution in [0.15, 0.2) is 89.8 Å². The topological polar surface area (TPSA) is 96.0 Å². The highest BCUT2D eigenvalue weighted by atomic mass is 32.2. The lowest BCUT2D eigenvalue weighted by molar-refractivity contribution is -0.141. The van der Waals surface area contributed by atoms with Gasteiger partial charge in [0.1, 0.15) is 18.3 Å². The standard InChI is InChI=1S/C30H37N3O5S/c1-6-27(29(35)31-30(2,3)4)32(21-23-13-9-7-10-14-23)28(34)22-33(24-17-19-25(38-5)20-18-24)39(36,37)26-15-11-8-12-16-26/h7-20,27H,6,21-22H2,1-5H3,(H,31,35). The molecule has 3 aromatic carbocycles. The quantitative estimate of drug-likeness (QED) is 0.375. The Labute approximate surface area is 231 Å². The number of nitrogens with one attached hydrogen (secondary N) is 1. The summed E-state index contributed by atoms with van der Waals surface area (Å²) in [6.45, 7) is 7.11. The largest absolute Gasteiger partial charge is 0.497 e. The number of nitrogens with zero attached hydrogens (tertiary/aromatic N) is 2. The second kappa shape index (κ2) is 12.8. The number of benzene rings is 3. The molecule has 9 heteroatoms. The van der Waals surface area contributed by atoms with E-state index in [0.717, 1.165) is 9.87 Å². The van der Waals surface area contributed by atoms with Crippen LogP contribution in [0, 0.1) is 0 Å². The third-order valence-corrected chi connectivity index (χ3v) is 7.84. The molecule has 208 valence electrons. The van der Waals surface area contributed by atoms with Gasteiger partial charge in [-0.1, -0.05) is 55.5 Å². The number of carbonyl (C=O) groups is 2. The van der Waals surface area contributed by atoms with Gasteiger partial charge in [-0.3, -0.25) is 13.9 Å². The van der Waals surface area contributed by atoms with Crippen LogP contribution >= 0.6 is 0 Å². The number of amides is 2. The second-order valence-corrected chi connectivity index (χ2v) is 12.1. The van der Waals surface area contributed by atoms with Crippen molar-refractivity contribution in [3.05, 3.63) is 90.5 Å². The first-order chi connectivity index (χ1) is 18.5. The number of ether oxygens (including phenoxy) is 1. The highest BCUT2D eigenvalue weighted by molar-refractivity contribution is 7.92. The third-order valence-electron chi connectivity index (χ3n) is 6.05. The van der Waals surface area contributed by atoms with E-state index in [-0.39, 0.29) is 17.3 Å². The average Bonchev–Trinajstić information content (AvgIpc) is 2.91. The first kappa shape index (κ1) is 29.7. The van der Waals surface area contributed by atoms with Gasteiger partial charge >= 0.3 is 0 Å². The molecule has 0 bridgehead atoms. The summed E-state index contributed by atoms with van der Waals surface area (Å²) in [7, 11) is -2.59. The van der Waals surface area contributed by atoms with Crippen molar-refractivity contribution in [3.63, 3.8) is 0 Å². The molecule has 3 aromatic rings. The Kier molecular flexibility index (Phi) is 9.75. The Hall–Kier alpha value is -3.85. The lowest BCUT2D eigenvalue weighted by atomic mass is 10.1. The van der Waals surface area contributed by atoms with Crippen LogP contribution in [0.25, 0.3) is 0 Å². The van der Waals surface area contributed by atoms with E-state index in [9.17, 15) is 18.0 Å². The number of rotatable bonds is 11. The fourth-order valence-corrected chi connectivity index (χ4v) is 5.58. The Balaban J connectivity index is 2.05. The predicted octanol–water partition coefficient (Wildman–Crippen LogP) is 4.61. The SMILES string of the molecule is CCC(C(=O)NC(C)(C)C)N(Cc1ccccc1)C(=O)CN(c1ccc(OC)cc1)S(=O)(=O)c1ccccc1. The minimum atomic E-state index is -4.11. The molecule has 1 unspecified atom stereocenters. The Morgan fingerprint density at radius 1 is 0.897 bits per heavy atom. The Morgan fingerprint density at radius 2 is 1.46 bits per heavy atom. The van der Waals surface area contributed by atoms with Gasteiger partial charge in [0.15, 0.2) is 0 Å². The molecule has 0 spiro atoms. The van der Waals surface area contributed by atoms with Crippen LogP contribution in [-0.2, 0) is 26.2 Å². The van der Waals surface area contributed by atoms with Gasteiger partial charge < -0.3 is 15.0 Å². The molecule has 1 atom stereocenters. The molecule has 2 amide bonds. The van der Waals surface area contributed by atoms with E-state index in [1.54, 1.807) is 42.5 Å². The summed E-state index contributed by atoms with van der Waals surface area (Å²) in [5.74, 6) is -0.237. The van der Waals surface area contributed by atoms with Crippen molar-refractivity contribution in [1.82, 2.24) is 10.2 Å². The van der Waals surface area contributed by atoms with Crippen molar-refractivity contribution in [2.45, 2.75) is 57.1 Å². The number of sulfonamides is 1. The molecule has 0 fully saturated rings. The fraction of sp³-hybridized carbons (Fsp3) is 0.333. The van der Waals surface area contributed by atoms with Gasteiger partial charge in [0.05, 0.1) is 17.7 Å². The number of methoxy groups -OCH3 is 1. The molecular weight excluding hydrogens is 514 g/mol. The number of carbonyl (C=O) groups excluding carboxylic acids is 2. The molecule has 0 saturated carbocycles. The summed E-state index contributed by atoms with van der Waals surface area (Å²) >= 11 is 0. The molecule has 39 heavy (non-hydrogen) atoms. The zero-order valence-electron chi connectivity index (χ0n) is 23.1. The summed E-state index contributed by atoms with van der Waals surface area (Å²) in [6.07, 6.45) is 0.356. The van der Waals surface area contributed by atoms with Crippen LogP contribution in [0.5, 0.6) is 5.75 Å². The van der Waals surface area contributed by atoms with Crippen LogP contribution < -0.4 is 14.4 Å². The van der Waals surface area contributed by atoms with Crippen LogP contribution in [0.2, 0.25) is 0 Å². The minimum Gasteiger partial charge on any atom is -0.497 e. The van der Waals surface area contributed by atoms with E-state index >= 15 is 0 Å². The van der Waals surface area contributed by atoms with E-state index in [0.29, 0.717) is 17.9 Å². The highest BCUT2D eigenvalue weighted by Gasteiger charge is 2.34. The van der Waals surface area contributed by atoms with Crippen molar-refractivity contribution < 1.29 is 22.7 Å². The molecular formula is C30H37N3O5S. The molecule has 8 nitrogen and oxygen atoms in total. The van der Waals surface area contributed by atoms with Crippen molar-refractivity contribution in [2.24, 2.45) is 0 Å². The molecule has 0 heterocycles. The number of hydrogen-bond acceptors (Lipinski definition) is 5. The van der Waals surface area contributed by atoms with Crippen LogP contribution in [0.4, 0.5) is 5.69 Å². The Bertz CT molecular complexity index is 1340. The molecule has 0 aliphatic heterocycles. The molecule has 0 aliphatic carbocycles. The molecule has 0 aromatic heterocycles. The number of hydrogen-bond donors (Lipinski definition) is 1. The van der Waals surface area contributed by atoms with Crippen molar-refractivity contribution >= 4 is 27.5 Å². The zero-order valence-corrected chi connectivity index (χ0v) is 23.9. The van der Waals surface area contributed by atoms with E-state index in [4.69, 9.17) is 4.74 Å². The monoisotopic (exact) mass is 551 g/mol. The normalized spacial score (nSPS) is 12.3. The van der Waals surface area contributed by atoms with E-state index in [1.165, 1.54) is 24.1 Å². The highest BCUT2D eigenvalue weighted by Crippen LogP contribution is 2.26. The first-order valence-electron chi connectivity index (χ1n) is 12.8. The first-order valence-corrected chi connectivity index (χ1v) is 14.3. The van der Waals surface area contributed by atoms with Crippen molar-refractivity contribution in [3.8, 4) is 5.75 Å². The van der Waals surface area contributed by atoms with Gasteiger partial charge in [-0.05, 0) is 69.2 Å². The molecule has 3 rings (SSSR count). The van der Waals surface area contributed by atoms with Crippen LogP contribution in [0.3, 0.4) is 0 Å². The lowest BCUT2D eigenvalue weighted by Gasteiger charge is -2.34. The van der Waals surface area contributed by atoms with Gasteiger partial charge in [-0.15, -0.1) is 0 Å². The second-order valence-electron chi connectivity index (χ2n) is 10.2. The van der Waals surface area contributed by atoms with E-state index in [2.05, 4.69) is 5.32 Å². The third kappa shape index (κ3) is 7.83. The van der Waals surface area contributed by atoms with E-state index in [1.807, 2.05) is 58.0 Å². The van der Waals surface area contributed by atoms with Gasteiger partial charge in [0, 0.05) is 12.1 Å². The Morgan fingerprint density at radius 3 is 1.97 bits per heavy atom. The molecule has 1 N–H and O–H groups in total. The average molecular weight is 552 g/mol. The molecule has 0 aliphatic rings. The van der Waals surface area contributed by atoms with E-state index < -0.39 is 34.1 Å². The maximum Gasteiger partial charge on any atom is 0.264 e. The van der Waals surface area contributed by atoms with Crippen molar-refractivity contribution in [2.75, 3.05) is 18.0 Å². The maximum absolute atomic E-state index is 14.0. The molecule has 0 radical (unpaired) electrons. The minimum absolute atomic E-state index is 0.0562. The summed E-state index contributed by atoms with van der Waals surface area (Å²) in [4.78, 5) is 28.9. The van der Waals surface area contributed by atoms with Crippen LogP contribution in [0.1, 0.15) is 39.7 Å². The summed E-state index contributed by atoms with van der Waals surface area (Å²) in [5.41, 5.74) is 0.632. The maximum atomic E-state index is 14.0. The summed E-state index contributed by atoms with van der Waals surface area (Å²) in [5, 5.41) is 2.97. The van der Waals surface area contributed by atoms with Gasteiger partial charge in [-0.25, -0.2) is 8.42 Å². The lowest BCUT2D eigenvalue weighted by Crippen LogP contribution is -2.55. The van der Waals surface area contributed by atoms with Crippen LogP contribution in [-0.4, -0.2) is 50.4 Å². The van der Waals surface area contributed by atoms with Gasteiger partial charge in [-0.2, -0.15) is 0 Å². The smallest absolute Gasteiger partial charge is 0.264 e. The summed E-state index contributed by atoms with van der Waals surface area (Å²) in [6, 6.07) is 23.0. The zero-order chi connectivity index (χ0) is 28.6. The predicted molar refractivity (Wildman–Crippen MR) is 153 cm³/mol. The fourth-order valence-electron chi connectivity index (χ4n) is 4.15. The summed E-state index contributed by atoms with van der Waals surface area (Å²) < 4.78 is 33.9. The van der Waals surface area contributed by atoms with Crippen molar-refractivity contribution in [1.29, 1.82) is 0 Å². The van der Waals surface area contributed by atoms with Gasteiger partial charge in [0.2, 0.25) is 11.8 Å². The molecule has 0 saturated heterocycles. The van der Waals surface area contributed by atoms with Gasteiger partial charge in [0.25, 0.3) is 10.0 Å². The number of anilines is 1.